The van der Waals surface area contributed by atoms with Gasteiger partial charge in [0.2, 0.25) is 0 Å². The number of unbranched alkanes of at least 4 members (excludes halogenated alkanes) is 26. The van der Waals surface area contributed by atoms with E-state index in [9.17, 15) is 23.8 Å². The van der Waals surface area contributed by atoms with Crippen LogP contribution in [0.4, 0.5) is 0 Å². The summed E-state index contributed by atoms with van der Waals surface area (Å²) >= 11 is 0. The summed E-state index contributed by atoms with van der Waals surface area (Å²) in [5, 5.41) is 8.90. The molecule has 0 spiro atoms. The summed E-state index contributed by atoms with van der Waals surface area (Å²) in [6.45, 7) is 2.79. The summed E-state index contributed by atoms with van der Waals surface area (Å²) in [6, 6.07) is -1.52. The monoisotopic (exact) mass is 844 g/mol. The lowest BCUT2D eigenvalue weighted by Gasteiger charge is -2.20. The molecule has 0 bridgehead atoms. The van der Waals surface area contributed by atoms with Crippen LogP contribution in [-0.2, 0) is 37.5 Å². The molecule has 1 unspecified atom stereocenters. The van der Waals surface area contributed by atoms with Gasteiger partial charge in [-0.2, -0.15) is 0 Å². The van der Waals surface area contributed by atoms with Gasteiger partial charge in [0.05, 0.1) is 13.2 Å². The van der Waals surface area contributed by atoms with Crippen LogP contribution in [0.2, 0.25) is 0 Å². The number of carbonyl (C=O) groups excluding carboxylic acids is 2. The van der Waals surface area contributed by atoms with Crippen LogP contribution in [0.1, 0.15) is 219 Å². The van der Waals surface area contributed by atoms with Crippen LogP contribution >= 0.6 is 7.82 Å². The lowest BCUT2D eigenvalue weighted by Crippen LogP contribution is -2.34. The van der Waals surface area contributed by atoms with E-state index >= 15 is 0 Å². The highest BCUT2D eigenvalue weighted by atomic mass is 31.2. The van der Waals surface area contributed by atoms with Crippen molar-refractivity contribution in [3.63, 3.8) is 0 Å². The number of esters is 2. The molecule has 0 aromatic heterocycles. The molecule has 0 aliphatic rings. The molecule has 0 aromatic carbocycles. The van der Waals surface area contributed by atoms with Gasteiger partial charge in [-0.15, -0.1) is 0 Å². The molecule has 0 aliphatic heterocycles. The summed E-state index contributed by atoms with van der Waals surface area (Å²) in [5.41, 5.74) is 5.34. The fourth-order valence-electron chi connectivity index (χ4n) is 6.51. The molecule has 11 nitrogen and oxygen atoms in total. The Kier molecular flexibility index (Phi) is 40.2. The highest BCUT2D eigenvalue weighted by Crippen LogP contribution is 2.43. The van der Waals surface area contributed by atoms with Crippen molar-refractivity contribution in [2.75, 3.05) is 19.8 Å². The molecule has 0 fully saturated rings. The quantitative estimate of drug-likeness (QED) is 0.0231. The van der Waals surface area contributed by atoms with E-state index in [0.29, 0.717) is 12.8 Å². The van der Waals surface area contributed by atoms with Crippen molar-refractivity contribution < 1.29 is 47.5 Å². The minimum Gasteiger partial charge on any atom is -0.480 e. The first-order chi connectivity index (χ1) is 28.1. The maximum Gasteiger partial charge on any atom is 0.472 e. The number of hydrogen-bond acceptors (Lipinski definition) is 9. The van der Waals surface area contributed by atoms with Crippen molar-refractivity contribution in [1.29, 1.82) is 0 Å². The summed E-state index contributed by atoms with van der Waals surface area (Å²) in [7, 11) is -4.72. The highest BCUT2D eigenvalue weighted by molar-refractivity contribution is 7.47. The largest absolute Gasteiger partial charge is 0.480 e. The molecule has 0 radical (unpaired) electrons. The van der Waals surface area contributed by atoms with Gasteiger partial charge in [0, 0.05) is 12.8 Å². The van der Waals surface area contributed by atoms with Crippen molar-refractivity contribution >= 4 is 25.7 Å². The lowest BCUT2D eigenvalue weighted by atomic mass is 10.0. The number of hydrogen-bond donors (Lipinski definition) is 3. The van der Waals surface area contributed by atoms with Crippen LogP contribution in [0.25, 0.3) is 0 Å². The Morgan fingerprint density at radius 2 is 0.914 bits per heavy atom. The number of rotatable bonds is 44. The van der Waals surface area contributed by atoms with Crippen molar-refractivity contribution in [3.05, 3.63) is 24.3 Å². The zero-order valence-corrected chi connectivity index (χ0v) is 37.8. The molecular formula is C46H86NO10P. The predicted molar refractivity (Wildman–Crippen MR) is 236 cm³/mol. The second-order valence-corrected chi connectivity index (χ2v) is 17.3. The van der Waals surface area contributed by atoms with Crippen LogP contribution in [0.3, 0.4) is 0 Å². The Balaban J connectivity index is 4.29. The number of aliphatic carboxylic acids is 1. The molecular weight excluding hydrogens is 757 g/mol. The molecule has 0 saturated heterocycles. The lowest BCUT2D eigenvalue weighted by molar-refractivity contribution is -0.161. The number of carboxylic acids is 1. The zero-order chi connectivity index (χ0) is 42.8. The minimum atomic E-state index is -4.72. The van der Waals surface area contributed by atoms with Gasteiger partial charge in [-0.1, -0.05) is 186 Å². The zero-order valence-electron chi connectivity index (χ0n) is 36.9. The van der Waals surface area contributed by atoms with Gasteiger partial charge < -0.3 is 25.2 Å². The maximum atomic E-state index is 12.6. The molecule has 3 atom stereocenters. The van der Waals surface area contributed by atoms with Gasteiger partial charge in [-0.05, 0) is 44.9 Å². The van der Waals surface area contributed by atoms with Gasteiger partial charge in [0.15, 0.2) is 6.10 Å². The summed E-state index contributed by atoms with van der Waals surface area (Å²) in [4.78, 5) is 46.0. The Hall–Kier alpha value is -2.04. The van der Waals surface area contributed by atoms with E-state index in [1.54, 1.807) is 0 Å². The molecule has 0 heterocycles. The highest BCUT2D eigenvalue weighted by Gasteiger charge is 2.28. The van der Waals surface area contributed by atoms with E-state index in [1.807, 2.05) is 0 Å². The van der Waals surface area contributed by atoms with Crippen LogP contribution < -0.4 is 5.73 Å². The van der Waals surface area contributed by atoms with E-state index in [-0.39, 0.29) is 19.4 Å². The summed E-state index contributed by atoms with van der Waals surface area (Å²) in [6.07, 6.45) is 43.8. The van der Waals surface area contributed by atoms with Gasteiger partial charge in [0.1, 0.15) is 12.6 Å². The van der Waals surface area contributed by atoms with Gasteiger partial charge in [-0.25, -0.2) is 4.57 Å². The Bertz CT molecular complexity index is 1080. The predicted octanol–water partition coefficient (Wildman–Crippen LogP) is 12.6. The minimum absolute atomic E-state index is 0.148. The molecule has 4 N–H and O–H groups in total. The third kappa shape index (κ3) is 40.7. The average molecular weight is 844 g/mol. The Morgan fingerprint density at radius 1 is 0.534 bits per heavy atom. The topological polar surface area (TPSA) is 172 Å². The van der Waals surface area contributed by atoms with Crippen LogP contribution in [-0.4, -0.2) is 59.9 Å². The van der Waals surface area contributed by atoms with Crippen molar-refractivity contribution in [1.82, 2.24) is 0 Å². The number of ether oxygens (including phenoxy) is 2. The van der Waals surface area contributed by atoms with Gasteiger partial charge >= 0.3 is 25.7 Å². The molecule has 0 saturated carbocycles. The summed E-state index contributed by atoms with van der Waals surface area (Å²) < 4.78 is 32.7. The van der Waals surface area contributed by atoms with Crippen LogP contribution in [0.5, 0.6) is 0 Å². The SMILES string of the molecule is CCCCC/C=C\C/C=C\CCCCCCCC(=O)O[C@H](COC(=O)CCCCCCCCCCCCCCCCCCCCC)COP(=O)(O)OC[C@H](N)C(=O)O. The number of nitrogens with two attached hydrogens (primary N) is 1. The first-order valence-electron chi connectivity index (χ1n) is 23.4. The van der Waals surface area contributed by atoms with E-state index in [0.717, 1.165) is 64.2 Å². The molecule has 0 amide bonds. The average Bonchev–Trinajstić information content (AvgIpc) is 3.20. The van der Waals surface area contributed by atoms with E-state index in [4.69, 9.17) is 24.8 Å². The van der Waals surface area contributed by atoms with Gasteiger partial charge in [-0.3, -0.25) is 23.4 Å². The number of allylic oxidation sites excluding steroid dienone is 4. The normalized spacial score (nSPS) is 13.9. The maximum absolute atomic E-state index is 12.6. The standard InChI is InChI=1S/C46H86NO10P/c1-3-5-7-9-11-13-15-17-19-20-21-22-24-25-27-29-31-33-35-37-44(48)54-39-42(40-55-58(52,53)56-41-43(47)46(50)51)57-45(49)38-36-34-32-30-28-26-23-18-16-14-12-10-8-6-4-2/h12,14,18,23,42-43H,3-11,13,15-17,19-22,24-41,47H2,1-2H3,(H,50,51)(H,52,53)/b14-12-,23-18-/t42-,43+/m1/s1. The fraction of sp³-hybridized carbons (Fsp3) is 0.848. The van der Waals surface area contributed by atoms with Crippen molar-refractivity contribution in [3.8, 4) is 0 Å². The molecule has 12 heteroatoms. The third-order valence-electron chi connectivity index (χ3n) is 10.2. The first kappa shape index (κ1) is 56.0. The number of carboxylic acid groups (broad SMARTS) is 1. The Labute approximate surface area is 353 Å². The van der Waals surface area contributed by atoms with Crippen molar-refractivity contribution in [2.24, 2.45) is 5.73 Å². The second-order valence-electron chi connectivity index (χ2n) is 15.9. The van der Waals surface area contributed by atoms with E-state index < -0.39 is 51.1 Å². The molecule has 0 aromatic rings. The number of phosphoric acid groups is 1. The van der Waals surface area contributed by atoms with Crippen LogP contribution in [0, 0.1) is 0 Å². The fourth-order valence-corrected chi connectivity index (χ4v) is 7.29. The van der Waals surface area contributed by atoms with Crippen LogP contribution in [0.15, 0.2) is 24.3 Å². The third-order valence-corrected chi connectivity index (χ3v) is 11.2. The van der Waals surface area contributed by atoms with E-state index in [1.165, 1.54) is 116 Å². The second kappa shape index (κ2) is 41.7. The molecule has 0 aliphatic carbocycles. The molecule has 0 rings (SSSR count). The van der Waals surface area contributed by atoms with Crippen molar-refractivity contribution in [2.45, 2.75) is 231 Å². The number of carbonyl (C=O) groups is 3. The Morgan fingerprint density at radius 3 is 1.38 bits per heavy atom. The number of phosphoric ester groups is 1. The van der Waals surface area contributed by atoms with E-state index in [2.05, 4.69) is 42.7 Å². The van der Waals surface area contributed by atoms with Gasteiger partial charge in [0.25, 0.3) is 0 Å². The first-order valence-corrected chi connectivity index (χ1v) is 24.9. The molecule has 340 valence electrons. The molecule has 58 heavy (non-hydrogen) atoms. The summed E-state index contributed by atoms with van der Waals surface area (Å²) in [5.74, 6) is -2.38. The smallest absolute Gasteiger partial charge is 0.472 e.